The van der Waals surface area contributed by atoms with Gasteiger partial charge in [-0.3, -0.25) is 9.59 Å². The van der Waals surface area contributed by atoms with Crippen LogP contribution in [0.15, 0.2) is 54.6 Å². The van der Waals surface area contributed by atoms with Gasteiger partial charge in [-0.2, -0.15) is 0 Å². The lowest BCUT2D eigenvalue weighted by Crippen LogP contribution is -2.45. The van der Waals surface area contributed by atoms with Gasteiger partial charge in [-0.25, -0.2) is 4.39 Å². The van der Waals surface area contributed by atoms with E-state index in [4.69, 9.17) is 9.47 Å². The van der Waals surface area contributed by atoms with Crippen LogP contribution in [-0.2, 0) is 29.0 Å². The molecule has 0 N–H and O–H groups in total. The maximum absolute atomic E-state index is 13.6. The van der Waals surface area contributed by atoms with E-state index in [0.717, 1.165) is 16.0 Å². The predicted molar refractivity (Wildman–Crippen MR) is 149 cm³/mol. The molecule has 0 aliphatic carbocycles. The third-order valence-electron chi connectivity index (χ3n) is 6.15. The van der Waals surface area contributed by atoms with Crippen LogP contribution >= 0.6 is 11.3 Å². The van der Waals surface area contributed by atoms with Crippen molar-refractivity contribution in [1.82, 2.24) is 9.80 Å². The minimum absolute atomic E-state index is 0.00546. The Morgan fingerprint density at radius 3 is 2.18 bits per heavy atom. The van der Waals surface area contributed by atoms with Crippen LogP contribution in [0.2, 0.25) is 0 Å². The number of nitrogens with zero attached hydrogens (tertiary/aromatic N) is 2. The fourth-order valence-corrected chi connectivity index (χ4v) is 5.10. The molecule has 8 heteroatoms. The molecule has 0 saturated heterocycles. The Labute approximate surface area is 229 Å². The van der Waals surface area contributed by atoms with Gasteiger partial charge in [-0.1, -0.05) is 32.0 Å². The fourth-order valence-electron chi connectivity index (χ4n) is 4.20. The highest BCUT2D eigenvalue weighted by Gasteiger charge is 2.23. The van der Waals surface area contributed by atoms with E-state index in [0.29, 0.717) is 37.6 Å². The summed E-state index contributed by atoms with van der Waals surface area (Å²) >= 11 is 1.66. The largest absolute Gasteiger partial charge is 0.493 e. The fraction of sp³-hybridized carbons (Fsp3) is 0.400. The van der Waals surface area contributed by atoms with Crippen molar-refractivity contribution in [3.05, 3.63) is 81.3 Å². The smallest absolute Gasteiger partial charge is 0.242 e. The van der Waals surface area contributed by atoms with Crippen LogP contribution in [-0.4, -0.2) is 55.5 Å². The van der Waals surface area contributed by atoms with Crippen LogP contribution < -0.4 is 9.47 Å². The number of hydrogen-bond acceptors (Lipinski definition) is 5. The molecule has 0 atom stereocenters. The molecule has 2 aromatic carbocycles. The SMILES string of the molecule is COc1ccc(CCN(Cc2ccc(C)s2)C(=O)CN(CC(C)C)C(=O)Cc2ccc(F)cc2)cc1OC. The average molecular weight is 541 g/mol. The highest BCUT2D eigenvalue weighted by Crippen LogP contribution is 2.28. The summed E-state index contributed by atoms with van der Waals surface area (Å²) < 4.78 is 24.1. The topological polar surface area (TPSA) is 59.1 Å². The number of carbonyl (C=O) groups is 2. The molecule has 204 valence electrons. The number of methoxy groups -OCH3 is 2. The van der Waals surface area contributed by atoms with Gasteiger partial charge in [0.2, 0.25) is 11.8 Å². The minimum atomic E-state index is -0.343. The van der Waals surface area contributed by atoms with Gasteiger partial charge >= 0.3 is 0 Å². The lowest BCUT2D eigenvalue weighted by atomic mass is 10.1. The monoisotopic (exact) mass is 540 g/mol. The van der Waals surface area contributed by atoms with E-state index < -0.39 is 0 Å². The number of amides is 2. The number of hydrogen-bond donors (Lipinski definition) is 0. The minimum Gasteiger partial charge on any atom is -0.493 e. The normalized spacial score (nSPS) is 10.9. The number of carbonyl (C=O) groups excluding carboxylic acids is 2. The molecule has 2 amide bonds. The van der Waals surface area contributed by atoms with Gasteiger partial charge < -0.3 is 19.3 Å². The van der Waals surface area contributed by atoms with Crippen molar-refractivity contribution in [2.45, 2.75) is 40.2 Å². The molecular weight excluding hydrogens is 503 g/mol. The van der Waals surface area contributed by atoms with Gasteiger partial charge in [0.1, 0.15) is 5.82 Å². The number of rotatable bonds is 13. The Morgan fingerprint density at radius 1 is 0.895 bits per heavy atom. The van der Waals surface area contributed by atoms with Crippen molar-refractivity contribution in [2.75, 3.05) is 33.9 Å². The van der Waals surface area contributed by atoms with Crippen LogP contribution in [0.4, 0.5) is 4.39 Å². The zero-order chi connectivity index (χ0) is 27.7. The van der Waals surface area contributed by atoms with Gasteiger partial charge in [-0.15, -0.1) is 11.3 Å². The molecule has 0 fully saturated rings. The first-order valence-corrected chi connectivity index (χ1v) is 13.6. The lowest BCUT2D eigenvalue weighted by Gasteiger charge is -2.29. The van der Waals surface area contributed by atoms with Gasteiger partial charge in [0.05, 0.1) is 33.7 Å². The Morgan fingerprint density at radius 2 is 1.58 bits per heavy atom. The first-order valence-electron chi connectivity index (χ1n) is 12.7. The standard InChI is InChI=1S/C30H37FN2O4S/c1-21(2)18-33(29(34)17-23-7-10-25(31)11-8-23)20-30(35)32(19-26-12-6-22(3)38-26)15-14-24-9-13-27(36-4)28(16-24)37-5/h6-13,16,21H,14-15,17-20H2,1-5H3. The van der Waals surface area contributed by atoms with Crippen molar-refractivity contribution in [3.63, 3.8) is 0 Å². The van der Waals surface area contributed by atoms with Crippen LogP contribution in [0.25, 0.3) is 0 Å². The third-order valence-corrected chi connectivity index (χ3v) is 7.13. The summed E-state index contributed by atoms with van der Waals surface area (Å²) in [6.45, 7) is 7.52. The molecule has 1 heterocycles. The molecule has 0 bridgehead atoms. The molecule has 0 spiro atoms. The molecule has 38 heavy (non-hydrogen) atoms. The second kappa shape index (κ2) is 14.0. The summed E-state index contributed by atoms with van der Waals surface area (Å²) in [6, 6.07) is 15.8. The van der Waals surface area contributed by atoms with Crippen molar-refractivity contribution in [3.8, 4) is 11.5 Å². The Hall–Kier alpha value is -3.39. The van der Waals surface area contributed by atoms with E-state index in [1.165, 1.54) is 17.0 Å². The summed E-state index contributed by atoms with van der Waals surface area (Å²) in [5.74, 6) is 0.896. The zero-order valence-electron chi connectivity index (χ0n) is 22.8. The average Bonchev–Trinajstić information content (AvgIpc) is 3.31. The van der Waals surface area contributed by atoms with Crippen LogP contribution in [0.5, 0.6) is 11.5 Å². The van der Waals surface area contributed by atoms with Crippen LogP contribution in [0, 0.1) is 18.7 Å². The second-order valence-corrected chi connectivity index (χ2v) is 11.1. The van der Waals surface area contributed by atoms with E-state index in [1.807, 2.05) is 56.0 Å². The highest BCUT2D eigenvalue weighted by molar-refractivity contribution is 7.11. The van der Waals surface area contributed by atoms with Gasteiger partial charge in [0.25, 0.3) is 0 Å². The maximum atomic E-state index is 13.6. The molecule has 0 aliphatic rings. The molecule has 3 rings (SSSR count). The maximum Gasteiger partial charge on any atom is 0.242 e. The van der Waals surface area contributed by atoms with Gasteiger partial charge in [0.15, 0.2) is 11.5 Å². The van der Waals surface area contributed by atoms with E-state index in [2.05, 4.69) is 0 Å². The molecule has 6 nitrogen and oxygen atoms in total. The summed E-state index contributed by atoms with van der Waals surface area (Å²) in [7, 11) is 3.20. The summed E-state index contributed by atoms with van der Waals surface area (Å²) in [4.78, 5) is 32.6. The first kappa shape index (κ1) is 29.2. The van der Waals surface area contributed by atoms with E-state index in [1.54, 1.807) is 42.6 Å². The predicted octanol–water partition coefficient (Wildman–Crippen LogP) is 5.51. The number of thiophene rings is 1. The first-order chi connectivity index (χ1) is 18.2. The molecule has 0 radical (unpaired) electrons. The molecular formula is C30H37FN2O4S. The zero-order valence-corrected chi connectivity index (χ0v) is 23.6. The van der Waals surface area contributed by atoms with E-state index in [9.17, 15) is 14.0 Å². The lowest BCUT2D eigenvalue weighted by molar-refractivity contribution is -0.141. The van der Waals surface area contributed by atoms with Crippen LogP contribution in [0.3, 0.4) is 0 Å². The Bertz CT molecular complexity index is 1210. The van der Waals surface area contributed by atoms with Gasteiger partial charge in [-0.05, 0) is 66.8 Å². The quantitative estimate of drug-likeness (QED) is 0.287. The summed E-state index contributed by atoms with van der Waals surface area (Å²) in [6.07, 6.45) is 0.750. The molecule has 0 saturated carbocycles. The molecule has 0 aliphatic heterocycles. The Balaban J connectivity index is 1.76. The number of aryl methyl sites for hydroxylation is 1. The molecule has 0 unspecified atom stereocenters. The third kappa shape index (κ3) is 8.58. The number of halogens is 1. The van der Waals surface area contributed by atoms with Crippen molar-refractivity contribution < 1.29 is 23.5 Å². The molecule has 3 aromatic rings. The molecule has 1 aromatic heterocycles. The van der Waals surface area contributed by atoms with Crippen LogP contribution in [0.1, 0.15) is 34.7 Å². The van der Waals surface area contributed by atoms with E-state index >= 15 is 0 Å². The number of benzene rings is 2. The summed E-state index contributed by atoms with van der Waals surface area (Å²) in [5, 5.41) is 0. The number of ether oxygens (including phenoxy) is 2. The van der Waals surface area contributed by atoms with Gasteiger partial charge in [0, 0.05) is 22.8 Å². The Kier molecular flexibility index (Phi) is 10.7. The summed E-state index contributed by atoms with van der Waals surface area (Å²) in [5.41, 5.74) is 1.74. The van der Waals surface area contributed by atoms with Crippen molar-refractivity contribution in [2.24, 2.45) is 5.92 Å². The highest BCUT2D eigenvalue weighted by atomic mass is 32.1. The van der Waals surface area contributed by atoms with Crippen molar-refractivity contribution in [1.29, 1.82) is 0 Å². The van der Waals surface area contributed by atoms with Crippen molar-refractivity contribution >= 4 is 23.2 Å². The van der Waals surface area contributed by atoms with E-state index in [-0.39, 0.29) is 36.5 Å². The second-order valence-electron chi connectivity index (χ2n) is 9.74.